The SMILES string of the molecule is CCOCC(Nc1cc(NC)nc(COC)n1)C(C)C. The Morgan fingerprint density at radius 3 is 2.50 bits per heavy atom. The highest BCUT2D eigenvalue weighted by Gasteiger charge is 2.15. The van der Waals surface area contributed by atoms with Crippen molar-refractivity contribution >= 4 is 11.6 Å². The Kier molecular flexibility index (Phi) is 7.25. The molecular formula is C14H26N4O2. The van der Waals surface area contributed by atoms with Gasteiger partial charge < -0.3 is 20.1 Å². The molecule has 0 aliphatic carbocycles. The van der Waals surface area contributed by atoms with Gasteiger partial charge >= 0.3 is 0 Å². The maximum Gasteiger partial charge on any atom is 0.158 e. The average molecular weight is 282 g/mol. The van der Waals surface area contributed by atoms with Crippen LogP contribution in [0.25, 0.3) is 0 Å². The Morgan fingerprint density at radius 2 is 1.95 bits per heavy atom. The fourth-order valence-electron chi connectivity index (χ4n) is 1.73. The number of aromatic nitrogens is 2. The minimum absolute atomic E-state index is 0.213. The highest BCUT2D eigenvalue weighted by atomic mass is 16.5. The predicted octanol–water partition coefficient (Wildman–Crippen LogP) is 2.14. The van der Waals surface area contributed by atoms with Gasteiger partial charge in [0.25, 0.3) is 0 Å². The van der Waals surface area contributed by atoms with E-state index < -0.39 is 0 Å². The number of nitrogens with zero attached hydrogens (tertiary/aromatic N) is 2. The molecule has 2 N–H and O–H groups in total. The molecule has 1 unspecified atom stereocenters. The Morgan fingerprint density at radius 1 is 1.25 bits per heavy atom. The second-order valence-electron chi connectivity index (χ2n) is 4.89. The van der Waals surface area contributed by atoms with E-state index in [0.717, 1.165) is 11.6 Å². The molecule has 0 bridgehead atoms. The van der Waals surface area contributed by atoms with Crippen LogP contribution in [0.3, 0.4) is 0 Å². The highest BCUT2D eigenvalue weighted by Crippen LogP contribution is 2.15. The van der Waals surface area contributed by atoms with Gasteiger partial charge in [-0.15, -0.1) is 0 Å². The first-order chi connectivity index (χ1) is 9.60. The molecule has 0 saturated heterocycles. The monoisotopic (exact) mass is 282 g/mol. The molecule has 0 radical (unpaired) electrons. The molecule has 0 spiro atoms. The summed E-state index contributed by atoms with van der Waals surface area (Å²) in [5, 5.41) is 6.45. The lowest BCUT2D eigenvalue weighted by atomic mass is 10.1. The second kappa shape index (κ2) is 8.71. The lowest BCUT2D eigenvalue weighted by molar-refractivity contribution is 0.126. The third-order valence-corrected chi connectivity index (χ3v) is 2.94. The molecule has 114 valence electrons. The van der Waals surface area contributed by atoms with E-state index in [1.807, 2.05) is 20.0 Å². The summed E-state index contributed by atoms with van der Waals surface area (Å²) in [5.41, 5.74) is 0. The number of rotatable bonds is 9. The van der Waals surface area contributed by atoms with Gasteiger partial charge in [0.05, 0.1) is 12.6 Å². The molecule has 1 rings (SSSR count). The summed E-state index contributed by atoms with van der Waals surface area (Å²) in [6, 6.07) is 2.10. The molecule has 1 aromatic heterocycles. The maximum atomic E-state index is 5.52. The van der Waals surface area contributed by atoms with E-state index in [9.17, 15) is 0 Å². The van der Waals surface area contributed by atoms with Crippen molar-refractivity contribution < 1.29 is 9.47 Å². The zero-order chi connectivity index (χ0) is 15.0. The van der Waals surface area contributed by atoms with Gasteiger partial charge in [-0.2, -0.15) is 0 Å². The zero-order valence-electron chi connectivity index (χ0n) is 13.1. The quantitative estimate of drug-likeness (QED) is 0.723. The van der Waals surface area contributed by atoms with Crippen molar-refractivity contribution in [3.8, 4) is 0 Å². The number of methoxy groups -OCH3 is 1. The minimum Gasteiger partial charge on any atom is -0.380 e. The van der Waals surface area contributed by atoms with Gasteiger partial charge in [-0.05, 0) is 12.8 Å². The van der Waals surface area contributed by atoms with Crippen LogP contribution in [0.4, 0.5) is 11.6 Å². The van der Waals surface area contributed by atoms with E-state index >= 15 is 0 Å². The molecular weight excluding hydrogens is 256 g/mol. The van der Waals surface area contributed by atoms with Crippen LogP contribution >= 0.6 is 0 Å². The first kappa shape index (κ1) is 16.7. The number of hydrogen-bond donors (Lipinski definition) is 2. The lowest BCUT2D eigenvalue weighted by Gasteiger charge is -2.23. The first-order valence-corrected chi connectivity index (χ1v) is 6.99. The fraction of sp³-hybridized carbons (Fsp3) is 0.714. The van der Waals surface area contributed by atoms with Crippen LogP contribution in [0.2, 0.25) is 0 Å². The van der Waals surface area contributed by atoms with Gasteiger partial charge in [-0.25, -0.2) is 9.97 Å². The summed E-state index contributed by atoms with van der Waals surface area (Å²) < 4.78 is 10.6. The van der Waals surface area contributed by atoms with Crippen LogP contribution in [0.15, 0.2) is 6.07 Å². The van der Waals surface area contributed by atoms with Gasteiger partial charge in [0, 0.05) is 26.8 Å². The van der Waals surface area contributed by atoms with E-state index in [1.54, 1.807) is 7.11 Å². The van der Waals surface area contributed by atoms with Crippen molar-refractivity contribution in [2.24, 2.45) is 5.92 Å². The minimum atomic E-state index is 0.213. The van der Waals surface area contributed by atoms with Gasteiger partial charge in [-0.3, -0.25) is 0 Å². The van der Waals surface area contributed by atoms with E-state index in [4.69, 9.17) is 9.47 Å². The van der Waals surface area contributed by atoms with E-state index in [1.165, 1.54) is 0 Å². The molecule has 0 aliphatic heterocycles. The normalized spacial score (nSPS) is 12.5. The largest absolute Gasteiger partial charge is 0.380 e. The Balaban J connectivity index is 2.84. The average Bonchev–Trinajstić information content (AvgIpc) is 2.43. The third-order valence-electron chi connectivity index (χ3n) is 2.94. The van der Waals surface area contributed by atoms with Crippen LogP contribution in [-0.2, 0) is 16.1 Å². The molecule has 20 heavy (non-hydrogen) atoms. The Bertz CT molecular complexity index is 399. The van der Waals surface area contributed by atoms with Crippen LogP contribution < -0.4 is 10.6 Å². The molecule has 1 heterocycles. The zero-order valence-corrected chi connectivity index (χ0v) is 13.1. The first-order valence-electron chi connectivity index (χ1n) is 6.99. The van der Waals surface area contributed by atoms with Gasteiger partial charge in [0.2, 0.25) is 0 Å². The summed E-state index contributed by atoms with van der Waals surface area (Å²) in [6.45, 7) is 8.08. The van der Waals surface area contributed by atoms with Crippen molar-refractivity contribution in [1.29, 1.82) is 0 Å². The summed E-state index contributed by atoms with van der Waals surface area (Å²) >= 11 is 0. The number of hydrogen-bond acceptors (Lipinski definition) is 6. The molecule has 1 atom stereocenters. The summed E-state index contributed by atoms with van der Waals surface area (Å²) in [5.74, 6) is 2.66. The standard InChI is InChI=1S/C14H26N4O2/c1-6-20-8-11(10(2)3)16-13-7-12(15-4)17-14(18-13)9-19-5/h7,10-11H,6,8-9H2,1-5H3,(H2,15,16,17,18). The van der Waals surface area contributed by atoms with Crippen molar-refractivity contribution in [1.82, 2.24) is 9.97 Å². The van der Waals surface area contributed by atoms with Crippen molar-refractivity contribution in [3.63, 3.8) is 0 Å². The Labute approximate surface area is 121 Å². The van der Waals surface area contributed by atoms with Crippen LogP contribution in [0.5, 0.6) is 0 Å². The number of anilines is 2. The third kappa shape index (κ3) is 5.30. The molecule has 0 aliphatic rings. The van der Waals surface area contributed by atoms with E-state index in [0.29, 0.717) is 31.6 Å². The Hall–Kier alpha value is -1.40. The van der Waals surface area contributed by atoms with Crippen molar-refractivity contribution in [2.75, 3.05) is 38.0 Å². The molecule has 6 nitrogen and oxygen atoms in total. The molecule has 0 aromatic carbocycles. The van der Waals surface area contributed by atoms with Crippen LogP contribution in [0, 0.1) is 5.92 Å². The van der Waals surface area contributed by atoms with Crippen LogP contribution in [0.1, 0.15) is 26.6 Å². The number of ether oxygens (including phenoxy) is 2. The summed E-state index contributed by atoms with van der Waals surface area (Å²) in [7, 11) is 3.47. The van der Waals surface area contributed by atoms with Crippen molar-refractivity contribution in [2.45, 2.75) is 33.4 Å². The molecule has 6 heteroatoms. The van der Waals surface area contributed by atoms with E-state index in [-0.39, 0.29) is 6.04 Å². The maximum absolute atomic E-state index is 5.52. The number of nitrogens with one attached hydrogen (secondary N) is 2. The highest BCUT2D eigenvalue weighted by molar-refractivity contribution is 5.47. The molecule has 0 saturated carbocycles. The molecule has 1 aromatic rings. The van der Waals surface area contributed by atoms with Crippen LogP contribution in [-0.4, -0.2) is 43.4 Å². The van der Waals surface area contributed by atoms with Gasteiger partial charge in [0.15, 0.2) is 5.82 Å². The van der Waals surface area contributed by atoms with E-state index in [2.05, 4.69) is 34.4 Å². The second-order valence-corrected chi connectivity index (χ2v) is 4.89. The van der Waals surface area contributed by atoms with Gasteiger partial charge in [0.1, 0.15) is 18.2 Å². The predicted molar refractivity (Wildman–Crippen MR) is 81.0 cm³/mol. The molecule has 0 amide bonds. The fourth-order valence-corrected chi connectivity index (χ4v) is 1.73. The van der Waals surface area contributed by atoms with Gasteiger partial charge in [-0.1, -0.05) is 13.8 Å². The summed E-state index contributed by atoms with van der Waals surface area (Å²) in [4.78, 5) is 8.80. The van der Waals surface area contributed by atoms with Crippen molar-refractivity contribution in [3.05, 3.63) is 11.9 Å². The smallest absolute Gasteiger partial charge is 0.158 e. The lowest BCUT2D eigenvalue weighted by Crippen LogP contribution is -2.31. The molecule has 0 fully saturated rings. The topological polar surface area (TPSA) is 68.3 Å². The summed E-state index contributed by atoms with van der Waals surface area (Å²) in [6.07, 6.45) is 0.